The predicted molar refractivity (Wildman–Crippen MR) is 114 cm³/mol. The van der Waals surface area contributed by atoms with Crippen molar-refractivity contribution in [3.63, 3.8) is 0 Å². The van der Waals surface area contributed by atoms with Gasteiger partial charge in [-0.25, -0.2) is 4.90 Å². The van der Waals surface area contributed by atoms with E-state index in [1.54, 1.807) is 43.3 Å². The molecule has 0 unspecified atom stereocenters. The van der Waals surface area contributed by atoms with E-state index >= 15 is 0 Å². The van der Waals surface area contributed by atoms with Crippen molar-refractivity contribution in [1.82, 2.24) is 0 Å². The molecule has 3 aromatic carbocycles. The monoisotopic (exact) mass is 384 g/mol. The van der Waals surface area contributed by atoms with E-state index in [0.717, 1.165) is 5.69 Å². The molecule has 0 bridgehead atoms. The number of carbonyl (C=O) groups is 2. The first kappa shape index (κ1) is 18.5. The minimum absolute atomic E-state index is 0.343. The molecular formula is C24H20N2O3. The van der Waals surface area contributed by atoms with Crippen molar-refractivity contribution in [1.29, 1.82) is 0 Å². The van der Waals surface area contributed by atoms with Gasteiger partial charge in [0.25, 0.3) is 11.8 Å². The zero-order valence-electron chi connectivity index (χ0n) is 16.2. The number of methoxy groups -OCH3 is 1. The Hall–Kier alpha value is -3.86. The van der Waals surface area contributed by atoms with Crippen molar-refractivity contribution in [3.05, 3.63) is 96.2 Å². The Balaban J connectivity index is 1.84. The van der Waals surface area contributed by atoms with Crippen LogP contribution in [0.5, 0.6) is 5.75 Å². The molecule has 0 saturated carbocycles. The SMILES string of the molecule is COc1ccc(N2C(=O)C(c3ccccc3)=C(N(C)c3ccccc3)C2=O)cc1. The predicted octanol–water partition coefficient (Wildman–Crippen LogP) is 4.12. The van der Waals surface area contributed by atoms with Gasteiger partial charge in [0, 0.05) is 12.7 Å². The summed E-state index contributed by atoms with van der Waals surface area (Å²) in [5.74, 6) is -0.0414. The third kappa shape index (κ3) is 3.27. The first-order valence-corrected chi connectivity index (χ1v) is 9.23. The molecule has 1 aliphatic heterocycles. The van der Waals surface area contributed by atoms with Gasteiger partial charge >= 0.3 is 0 Å². The number of para-hydroxylation sites is 1. The second-order valence-electron chi connectivity index (χ2n) is 6.63. The van der Waals surface area contributed by atoms with E-state index in [-0.39, 0.29) is 11.8 Å². The van der Waals surface area contributed by atoms with Gasteiger partial charge in [-0.05, 0) is 42.0 Å². The maximum absolute atomic E-state index is 13.4. The average molecular weight is 384 g/mol. The summed E-state index contributed by atoms with van der Waals surface area (Å²) in [6, 6.07) is 25.7. The highest BCUT2D eigenvalue weighted by Gasteiger charge is 2.42. The number of ether oxygens (including phenoxy) is 1. The van der Waals surface area contributed by atoms with Gasteiger partial charge in [0.05, 0.1) is 18.4 Å². The summed E-state index contributed by atoms with van der Waals surface area (Å²) in [4.78, 5) is 29.8. The van der Waals surface area contributed by atoms with Crippen LogP contribution in [0.2, 0.25) is 0 Å². The highest BCUT2D eigenvalue weighted by molar-refractivity contribution is 6.46. The van der Waals surface area contributed by atoms with E-state index in [0.29, 0.717) is 28.3 Å². The van der Waals surface area contributed by atoms with Gasteiger partial charge in [-0.15, -0.1) is 0 Å². The van der Waals surface area contributed by atoms with Crippen molar-refractivity contribution in [2.45, 2.75) is 0 Å². The van der Waals surface area contributed by atoms with E-state index in [1.165, 1.54) is 4.90 Å². The topological polar surface area (TPSA) is 49.9 Å². The number of carbonyl (C=O) groups excluding carboxylic acids is 2. The molecule has 4 rings (SSSR count). The summed E-state index contributed by atoms with van der Waals surface area (Å²) in [5, 5.41) is 0. The molecule has 144 valence electrons. The van der Waals surface area contributed by atoms with E-state index in [2.05, 4.69) is 0 Å². The standard InChI is InChI=1S/C24H20N2O3/c1-25(18-11-7-4-8-12-18)22-21(17-9-5-3-6-10-17)23(27)26(24(22)28)19-13-15-20(29-2)16-14-19/h3-16H,1-2H3. The molecule has 0 N–H and O–H groups in total. The maximum Gasteiger partial charge on any atom is 0.282 e. The van der Waals surface area contributed by atoms with Gasteiger partial charge in [0.15, 0.2) is 0 Å². The number of likely N-dealkylation sites (N-methyl/N-ethyl adjacent to an activating group) is 1. The van der Waals surface area contributed by atoms with Gasteiger partial charge in [-0.1, -0.05) is 48.5 Å². The molecule has 0 radical (unpaired) electrons. The lowest BCUT2D eigenvalue weighted by Gasteiger charge is -2.21. The first-order chi connectivity index (χ1) is 14.1. The highest BCUT2D eigenvalue weighted by Crippen LogP contribution is 2.36. The van der Waals surface area contributed by atoms with Crippen LogP contribution in [0, 0.1) is 0 Å². The van der Waals surface area contributed by atoms with Crippen LogP contribution >= 0.6 is 0 Å². The van der Waals surface area contributed by atoms with Crippen LogP contribution in [0.1, 0.15) is 5.56 Å². The zero-order valence-corrected chi connectivity index (χ0v) is 16.2. The van der Waals surface area contributed by atoms with Gasteiger partial charge < -0.3 is 9.64 Å². The number of amides is 2. The number of rotatable bonds is 5. The fourth-order valence-corrected chi connectivity index (χ4v) is 3.44. The van der Waals surface area contributed by atoms with Gasteiger partial charge in [0.1, 0.15) is 11.4 Å². The Morgan fingerprint density at radius 1 is 0.759 bits per heavy atom. The second-order valence-corrected chi connectivity index (χ2v) is 6.63. The van der Waals surface area contributed by atoms with E-state index in [1.807, 2.05) is 60.7 Å². The molecule has 1 heterocycles. The molecule has 3 aromatic rings. The Bertz CT molecular complexity index is 1070. The Morgan fingerprint density at radius 3 is 1.93 bits per heavy atom. The Kier molecular flexibility index (Phi) is 4.87. The lowest BCUT2D eigenvalue weighted by molar-refractivity contribution is -0.120. The molecule has 0 spiro atoms. The molecule has 0 aliphatic carbocycles. The molecule has 5 nitrogen and oxygen atoms in total. The van der Waals surface area contributed by atoms with Crippen LogP contribution in [-0.4, -0.2) is 26.0 Å². The number of anilines is 2. The number of hydrogen-bond acceptors (Lipinski definition) is 4. The van der Waals surface area contributed by atoms with Gasteiger partial charge in [0.2, 0.25) is 0 Å². The van der Waals surface area contributed by atoms with Crippen LogP contribution in [0.25, 0.3) is 5.57 Å². The lowest BCUT2D eigenvalue weighted by Crippen LogP contribution is -2.34. The molecule has 2 amide bonds. The molecular weight excluding hydrogens is 364 g/mol. The average Bonchev–Trinajstić information content (AvgIpc) is 3.04. The van der Waals surface area contributed by atoms with E-state index < -0.39 is 0 Å². The quantitative estimate of drug-likeness (QED) is 0.621. The van der Waals surface area contributed by atoms with E-state index in [9.17, 15) is 9.59 Å². The van der Waals surface area contributed by atoms with Crippen molar-refractivity contribution in [2.24, 2.45) is 0 Å². The normalized spacial score (nSPS) is 13.8. The number of imide groups is 1. The highest BCUT2D eigenvalue weighted by atomic mass is 16.5. The molecule has 0 fully saturated rings. The maximum atomic E-state index is 13.4. The van der Waals surface area contributed by atoms with Crippen molar-refractivity contribution >= 4 is 28.8 Å². The Morgan fingerprint density at radius 2 is 1.34 bits per heavy atom. The molecule has 0 aromatic heterocycles. The summed E-state index contributed by atoms with van der Waals surface area (Å²) in [6.45, 7) is 0. The van der Waals surface area contributed by atoms with Gasteiger partial charge in [-0.3, -0.25) is 9.59 Å². The number of hydrogen-bond donors (Lipinski definition) is 0. The van der Waals surface area contributed by atoms with Crippen molar-refractivity contribution in [2.75, 3.05) is 24.0 Å². The fourth-order valence-electron chi connectivity index (χ4n) is 3.44. The Labute approximate surface area is 169 Å². The summed E-state index contributed by atoms with van der Waals surface area (Å²) < 4.78 is 5.19. The van der Waals surface area contributed by atoms with Crippen LogP contribution in [-0.2, 0) is 9.59 Å². The minimum Gasteiger partial charge on any atom is -0.497 e. The summed E-state index contributed by atoms with van der Waals surface area (Å²) in [5.41, 5.74) is 2.78. The molecule has 0 atom stereocenters. The lowest BCUT2D eigenvalue weighted by atomic mass is 10.0. The summed E-state index contributed by atoms with van der Waals surface area (Å²) >= 11 is 0. The first-order valence-electron chi connectivity index (χ1n) is 9.23. The zero-order chi connectivity index (χ0) is 20.4. The number of benzene rings is 3. The van der Waals surface area contributed by atoms with Gasteiger partial charge in [-0.2, -0.15) is 0 Å². The molecule has 1 aliphatic rings. The number of nitrogens with zero attached hydrogens (tertiary/aromatic N) is 2. The molecule has 0 saturated heterocycles. The molecule has 29 heavy (non-hydrogen) atoms. The van der Waals surface area contributed by atoms with Crippen molar-refractivity contribution < 1.29 is 14.3 Å². The summed E-state index contributed by atoms with van der Waals surface area (Å²) in [7, 11) is 3.37. The van der Waals surface area contributed by atoms with E-state index in [4.69, 9.17) is 4.74 Å². The second kappa shape index (κ2) is 7.64. The van der Waals surface area contributed by atoms with Crippen LogP contribution < -0.4 is 14.5 Å². The summed E-state index contributed by atoms with van der Waals surface area (Å²) in [6.07, 6.45) is 0. The molecule has 5 heteroatoms. The van der Waals surface area contributed by atoms with Crippen LogP contribution in [0.4, 0.5) is 11.4 Å². The smallest absolute Gasteiger partial charge is 0.282 e. The van der Waals surface area contributed by atoms with Crippen molar-refractivity contribution in [3.8, 4) is 5.75 Å². The third-order valence-corrected chi connectivity index (χ3v) is 4.93. The van der Waals surface area contributed by atoms with Crippen LogP contribution in [0.3, 0.4) is 0 Å². The third-order valence-electron chi connectivity index (χ3n) is 4.93. The minimum atomic E-state index is -0.356. The fraction of sp³-hybridized carbons (Fsp3) is 0.0833. The largest absolute Gasteiger partial charge is 0.497 e. The van der Waals surface area contributed by atoms with Crippen LogP contribution in [0.15, 0.2) is 90.6 Å².